The summed E-state index contributed by atoms with van der Waals surface area (Å²) < 4.78 is 0. The van der Waals surface area contributed by atoms with Gasteiger partial charge in [-0.25, -0.2) is 0 Å². The summed E-state index contributed by atoms with van der Waals surface area (Å²) in [4.78, 5) is 10.5. The van der Waals surface area contributed by atoms with E-state index in [1.165, 1.54) is 11.1 Å². The minimum Gasteiger partial charge on any atom is -0.303 e. The molecule has 0 heterocycles. The van der Waals surface area contributed by atoms with Crippen molar-refractivity contribution in [3.8, 4) is 0 Å². The molecule has 14 heavy (non-hydrogen) atoms. The number of rotatable bonds is 4. The molecule has 0 aromatic heterocycles. The second-order valence-corrected chi connectivity index (χ2v) is 4.70. The summed E-state index contributed by atoms with van der Waals surface area (Å²) in [5.41, 5.74) is 2.67. The number of hydrogen-bond donors (Lipinski definition) is 0. The summed E-state index contributed by atoms with van der Waals surface area (Å²) in [6.07, 6.45) is 2.60. The number of aldehydes is 1. The van der Waals surface area contributed by atoms with Crippen LogP contribution < -0.4 is 0 Å². The zero-order valence-corrected chi connectivity index (χ0v) is 9.21. The Balaban J connectivity index is 2.68. The molecule has 0 aliphatic heterocycles. The minimum absolute atomic E-state index is 0.0804. The van der Waals surface area contributed by atoms with Crippen LogP contribution in [0, 0.1) is 12.3 Å². The molecule has 0 unspecified atom stereocenters. The molecule has 0 N–H and O–H groups in total. The first-order valence-corrected chi connectivity index (χ1v) is 5.03. The molecule has 1 nitrogen and oxygen atoms in total. The fraction of sp³-hybridized carbons (Fsp3) is 0.462. The standard InChI is InChI=1S/C13H18O/c1-11-4-6-12(7-5-11)10-13(2,3)8-9-14/h4-7,9H,8,10H2,1-3H3. The maximum Gasteiger partial charge on any atom is 0.120 e. The van der Waals surface area contributed by atoms with E-state index in [-0.39, 0.29) is 5.41 Å². The maximum atomic E-state index is 10.5. The molecule has 0 saturated heterocycles. The molecule has 0 fully saturated rings. The smallest absolute Gasteiger partial charge is 0.120 e. The van der Waals surface area contributed by atoms with Gasteiger partial charge in [0.05, 0.1) is 0 Å². The van der Waals surface area contributed by atoms with Gasteiger partial charge in [-0.3, -0.25) is 0 Å². The molecule has 0 aliphatic carbocycles. The first-order chi connectivity index (χ1) is 6.53. The van der Waals surface area contributed by atoms with E-state index in [1.807, 2.05) is 0 Å². The highest BCUT2D eigenvalue weighted by Crippen LogP contribution is 2.24. The van der Waals surface area contributed by atoms with Crippen molar-refractivity contribution < 1.29 is 4.79 Å². The zero-order chi connectivity index (χ0) is 10.6. The Morgan fingerprint density at radius 2 is 1.79 bits per heavy atom. The molecular weight excluding hydrogens is 172 g/mol. The van der Waals surface area contributed by atoms with E-state index < -0.39 is 0 Å². The van der Waals surface area contributed by atoms with Crippen LogP contribution >= 0.6 is 0 Å². The third-order valence-corrected chi connectivity index (χ3v) is 2.44. The lowest BCUT2D eigenvalue weighted by molar-refractivity contribution is -0.109. The fourth-order valence-electron chi connectivity index (χ4n) is 1.56. The quantitative estimate of drug-likeness (QED) is 0.666. The predicted molar refractivity (Wildman–Crippen MR) is 59.3 cm³/mol. The Labute approximate surface area is 86.1 Å². The average Bonchev–Trinajstić information content (AvgIpc) is 2.08. The van der Waals surface area contributed by atoms with Crippen LogP contribution in [0.2, 0.25) is 0 Å². The van der Waals surface area contributed by atoms with Crippen molar-refractivity contribution in [3.05, 3.63) is 35.4 Å². The summed E-state index contributed by atoms with van der Waals surface area (Å²) in [6, 6.07) is 8.52. The summed E-state index contributed by atoms with van der Waals surface area (Å²) in [5.74, 6) is 0. The van der Waals surface area contributed by atoms with Crippen molar-refractivity contribution in [3.63, 3.8) is 0 Å². The van der Waals surface area contributed by atoms with Crippen LogP contribution in [0.1, 0.15) is 31.4 Å². The van der Waals surface area contributed by atoms with E-state index >= 15 is 0 Å². The van der Waals surface area contributed by atoms with Crippen molar-refractivity contribution in [2.45, 2.75) is 33.6 Å². The molecule has 76 valence electrons. The number of carbonyl (C=O) groups is 1. The van der Waals surface area contributed by atoms with E-state index in [9.17, 15) is 4.79 Å². The van der Waals surface area contributed by atoms with E-state index in [2.05, 4.69) is 45.0 Å². The highest BCUT2D eigenvalue weighted by Gasteiger charge is 2.17. The van der Waals surface area contributed by atoms with Crippen molar-refractivity contribution >= 4 is 6.29 Å². The van der Waals surface area contributed by atoms with Crippen molar-refractivity contribution in [1.29, 1.82) is 0 Å². The van der Waals surface area contributed by atoms with Crippen molar-refractivity contribution in [1.82, 2.24) is 0 Å². The van der Waals surface area contributed by atoms with Gasteiger partial charge in [-0.2, -0.15) is 0 Å². The van der Waals surface area contributed by atoms with E-state index in [1.54, 1.807) is 0 Å². The SMILES string of the molecule is Cc1ccc(CC(C)(C)CC=O)cc1. The number of aryl methyl sites for hydroxylation is 1. The minimum atomic E-state index is 0.0804. The van der Waals surface area contributed by atoms with Gasteiger partial charge in [0.25, 0.3) is 0 Å². The molecule has 1 aromatic rings. The molecule has 0 saturated carbocycles. The Morgan fingerprint density at radius 1 is 1.21 bits per heavy atom. The first kappa shape index (κ1) is 11.0. The molecule has 1 aromatic carbocycles. The lowest BCUT2D eigenvalue weighted by Gasteiger charge is -2.21. The topological polar surface area (TPSA) is 17.1 Å². The van der Waals surface area contributed by atoms with Crippen LogP contribution in [0.15, 0.2) is 24.3 Å². The normalized spacial score (nSPS) is 11.4. The second kappa shape index (κ2) is 4.41. The lowest BCUT2D eigenvalue weighted by Crippen LogP contribution is -2.15. The molecule has 0 amide bonds. The molecule has 1 heteroatoms. The summed E-state index contributed by atoms with van der Waals surface area (Å²) in [7, 11) is 0. The van der Waals surface area contributed by atoms with Crippen molar-refractivity contribution in [2.75, 3.05) is 0 Å². The fourth-order valence-corrected chi connectivity index (χ4v) is 1.56. The number of hydrogen-bond acceptors (Lipinski definition) is 1. The highest BCUT2D eigenvalue weighted by molar-refractivity contribution is 5.50. The van der Waals surface area contributed by atoms with Gasteiger partial charge in [-0.1, -0.05) is 43.7 Å². The Hall–Kier alpha value is -1.11. The molecule has 0 aliphatic rings. The van der Waals surface area contributed by atoms with Crippen LogP contribution in [0.5, 0.6) is 0 Å². The van der Waals surface area contributed by atoms with Crippen LogP contribution in [-0.2, 0) is 11.2 Å². The monoisotopic (exact) mass is 190 g/mol. The highest BCUT2D eigenvalue weighted by atomic mass is 16.1. The number of carbonyl (C=O) groups excluding carboxylic acids is 1. The van der Waals surface area contributed by atoms with Gasteiger partial charge in [0, 0.05) is 6.42 Å². The van der Waals surface area contributed by atoms with Crippen molar-refractivity contribution in [2.24, 2.45) is 5.41 Å². The maximum absolute atomic E-state index is 10.5. The Bertz CT molecular complexity index is 296. The van der Waals surface area contributed by atoms with Gasteiger partial charge in [-0.15, -0.1) is 0 Å². The van der Waals surface area contributed by atoms with E-state index in [0.717, 1.165) is 12.7 Å². The van der Waals surface area contributed by atoms with Gasteiger partial charge in [0.2, 0.25) is 0 Å². The average molecular weight is 190 g/mol. The molecule has 0 bridgehead atoms. The summed E-state index contributed by atoms with van der Waals surface area (Å²) in [5, 5.41) is 0. The van der Waals surface area contributed by atoms with Crippen LogP contribution in [-0.4, -0.2) is 6.29 Å². The third kappa shape index (κ3) is 3.33. The van der Waals surface area contributed by atoms with Gasteiger partial charge in [0.15, 0.2) is 0 Å². The van der Waals surface area contributed by atoms with E-state index in [4.69, 9.17) is 0 Å². The van der Waals surface area contributed by atoms with Crippen LogP contribution in [0.3, 0.4) is 0 Å². The molecule has 0 spiro atoms. The van der Waals surface area contributed by atoms with Gasteiger partial charge < -0.3 is 4.79 Å². The molecule has 0 atom stereocenters. The molecule has 1 rings (SSSR count). The molecular formula is C13H18O. The second-order valence-electron chi connectivity index (χ2n) is 4.70. The zero-order valence-electron chi connectivity index (χ0n) is 9.21. The van der Waals surface area contributed by atoms with Gasteiger partial charge in [-0.05, 0) is 24.3 Å². The summed E-state index contributed by atoms with van der Waals surface area (Å²) in [6.45, 7) is 6.34. The van der Waals surface area contributed by atoms with Crippen LogP contribution in [0.25, 0.3) is 0 Å². The van der Waals surface area contributed by atoms with Gasteiger partial charge in [0.1, 0.15) is 6.29 Å². The molecule has 0 radical (unpaired) electrons. The van der Waals surface area contributed by atoms with Gasteiger partial charge >= 0.3 is 0 Å². The Kier molecular flexibility index (Phi) is 3.45. The predicted octanol–water partition coefficient (Wildman–Crippen LogP) is 3.15. The third-order valence-electron chi connectivity index (χ3n) is 2.44. The first-order valence-electron chi connectivity index (χ1n) is 5.03. The number of benzene rings is 1. The largest absolute Gasteiger partial charge is 0.303 e. The van der Waals surface area contributed by atoms with Crippen LogP contribution in [0.4, 0.5) is 0 Å². The van der Waals surface area contributed by atoms with E-state index in [0.29, 0.717) is 6.42 Å². The Morgan fingerprint density at radius 3 is 2.29 bits per heavy atom. The lowest BCUT2D eigenvalue weighted by atomic mass is 9.83. The summed E-state index contributed by atoms with van der Waals surface area (Å²) >= 11 is 0.